The van der Waals surface area contributed by atoms with E-state index >= 15 is 0 Å². The van der Waals surface area contributed by atoms with Crippen molar-refractivity contribution in [2.24, 2.45) is 10.9 Å². The Bertz CT molecular complexity index is 919. The fourth-order valence-corrected chi connectivity index (χ4v) is 2.95. The van der Waals surface area contributed by atoms with Gasteiger partial charge in [0.25, 0.3) is 5.91 Å². The molecule has 0 fully saturated rings. The zero-order valence-electron chi connectivity index (χ0n) is 13.6. The van der Waals surface area contributed by atoms with Crippen LogP contribution in [0, 0.1) is 17.6 Å². The minimum Gasteiger partial charge on any atom is -0.465 e. The second kappa shape index (κ2) is 7.21. The van der Waals surface area contributed by atoms with Crippen molar-refractivity contribution in [3.63, 3.8) is 0 Å². The van der Waals surface area contributed by atoms with Crippen LogP contribution in [-0.4, -0.2) is 24.7 Å². The van der Waals surface area contributed by atoms with E-state index in [2.05, 4.69) is 15.0 Å². The Morgan fingerprint density at radius 2 is 2.15 bits per heavy atom. The number of amides is 1. The van der Waals surface area contributed by atoms with Gasteiger partial charge in [-0.1, -0.05) is 29.8 Å². The number of ether oxygens (including phenoxy) is 1. The van der Waals surface area contributed by atoms with Gasteiger partial charge in [-0.2, -0.15) is 0 Å². The standard InChI is InChI=1S/C18H13ClF2N2O3/c1-26-18(25)14-16(22-8-9-5-6-10(20)7-13(9)21)11-3-2-4-12(19)15(11)23-17(14)24/h2-7,11,22H,8H2,1H3. The Kier molecular flexibility index (Phi) is 4.99. The molecule has 2 aliphatic rings. The number of allylic oxidation sites excluding steroid dienone is 4. The number of dihydropyridines is 1. The van der Waals surface area contributed by atoms with Gasteiger partial charge in [-0.3, -0.25) is 4.79 Å². The summed E-state index contributed by atoms with van der Waals surface area (Å²) in [5, 5.41) is 3.16. The molecule has 8 heteroatoms. The minimum atomic E-state index is -0.862. The number of carbonyl (C=O) groups excluding carboxylic acids is 2. The van der Waals surface area contributed by atoms with Gasteiger partial charge >= 0.3 is 5.97 Å². The van der Waals surface area contributed by atoms with E-state index in [1.54, 1.807) is 18.2 Å². The van der Waals surface area contributed by atoms with Gasteiger partial charge in [0.1, 0.15) is 17.2 Å². The normalized spacial score (nSPS) is 18.9. The summed E-state index contributed by atoms with van der Waals surface area (Å²) in [5.74, 6) is -3.69. The molecule has 1 aliphatic carbocycles. The molecule has 1 aromatic carbocycles. The van der Waals surface area contributed by atoms with Gasteiger partial charge in [0.05, 0.1) is 23.8 Å². The van der Waals surface area contributed by atoms with Crippen LogP contribution in [0.3, 0.4) is 0 Å². The summed E-state index contributed by atoms with van der Waals surface area (Å²) in [6.45, 7) is -0.0752. The molecule has 1 aromatic rings. The SMILES string of the molecule is COC(=O)C1=C(NCc2ccc(F)cc2F)C2C=CC=C(Cl)C2=NC1=O. The van der Waals surface area contributed by atoms with Gasteiger partial charge in [0.2, 0.25) is 0 Å². The summed E-state index contributed by atoms with van der Waals surface area (Å²) < 4.78 is 31.6. The maximum atomic E-state index is 13.9. The predicted octanol–water partition coefficient (Wildman–Crippen LogP) is 2.77. The molecule has 1 aliphatic heterocycles. The van der Waals surface area contributed by atoms with Crippen LogP contribution in [0.2, 0.25) is 0 Å². The molecule has 1 amide bonds. The van der Waals surface area contributed by atoms with Crippen molar-refractivity contribution in [3.05, 3.63) is 69.9 Å². The van der Waals surface area contributed by atoms with Gasteiger partial charge in [0.15, 0.2) is 0 Å². The van der Waals surface area contributed by atoms with Gasteiger partial charge in [-0.25, -0.2) is 18.6 Å². The lowest BCUT2D eigenvalue weighted by Crippen LogP contribution is -2.36. The Labute approximate surface area is 152 Å². The van der Waals surface area contributed by atoms with Gasteiger partial charge < -0.3 is 10.1 Å². The van der Waals surface area contributed by atoms with Crippen LogP contribution in [-0.2, 0) is 20.9 Å². The quantitative estimate of drug-likeness (QED) is 0.646. The number of fused-ring (bicyclic) bond motifs is 1. The summed E-state index contributed by atoms with van der Waals surface area (Å²) >= 11 is 6.10. The third kappa shape index (κ3) is 3.30. The topological polar surface area (TPSA) is 67.8 Å². The highest BCUT2D eigenvalue weighted by atomic mass is 35.5. The molecule has 0 radical (unpaired) electrons. The monoisotopic (exact) mass is 378 g/mol. The van der Waals surface area contributed by atoms with E-state index in [1.807, 2.05) is 0 Å². The van der Waals surface area contributed by atoms with Gasteiger partial charge in [-0.15, -0.1) is 0 Å². The number of benzene rings is 1. The van der Waals surface area contributed by atoms with Crippen molar-refractivity contribution < 1.29 is 23.1 Å². The molecule has 1 unspecified atom stereocenters. The van der Waals surface area contributed by atoms with Crippen molar-refractivity contribution in [3.8, 4) is 0 Å². The smallest absolute Gasteiger partial charge is 0.345 e. The third-order valence-electron chi connectivity index (χ3n) is 3.98. The molecule has 0 aromatic heterocycles. The fourth-order valence-electron chi connectivity index (χ4n) is 2.72. The molecule has 0 saturated carbocycles. The zero-order chi connectivity index (χ0) is 18.8. The number of rotatable bonds is 4. The van der Waals surface area contributed by atoms with Crippen LogP contribution in [0.4, 0.5) is 8.78 Å². The average Bonchev–Trinajstić information content (AvgIpc) is 2.61. The van der Waals surface area contributed by atoms with Crippen molar-refractivity contribution in [2.45, 2.75) is 6.54 Å². The number of hydrogen-bond donors (Lipinski definition) is 1. The van der Waals surface area contributed by atoms with E-state index in [0.29, 0.717) is 0 Å². The van der Waals surface area contributed by atoms with Crippen LogP contribution in [0.15, 0.2) is 57.7 Å². The van der Waals surface area contributed by atoms with Gasteiger partial charge in [-0.05, 0) is 12.1 Å². The lowest BCUT2D eigenvalue weighted by molar-refractivity contribution is -0.137. The first-order valence-electron chi connectivity index (χ1n) is 7.60. The molecule has 1 N–H and O–H groups in total. The molecule has 3 rings (SSSR count). The number of methoxy groups -OCH3 is 1. The summed E-state index contributed by atoms with van der Waals surface area (Å²) in [4.78, 5) is 28.2. The molecule has 0 bridgehead atoms. The first-order chi connectivity index (χ1) is 12.4. The van der Waals surface area contributed by atoms with Crippen molar-refractivity contribution >= 4 is 29.2 Å². The lowest BCUT2D eigenvalue weighted by Gasteiger charge is -2.27. The molecular formula is C18H13ClF2N2O3. The summed E-state index contributed by atoms with van der Waals surface area (Å²) in [6, 6.07) is 3.15. The number of aliphatic imine (C=N–C) groups is 1. The second-order valence-electron chi connectivity index (χ2n) is 5.55. The predicted molar refractivity (Wildman–Crippen MR) is 91.2 cm³/mol. The van der Waals surface area contributed by atoms with E-state index in [9.17, 15) is 18.4 Å². The van der Waals surface area contributed by atoms with Crippen molar-refractivity contribution in [1.82, 2.24) is 5.32 Å². The highest BCUT2D eigenvalue weighted by molar-refractivity contribution is 6.46. The number of esters is 1. The fraction of sp³-hybridized carbons (Fsp3) is 0.167. The molecule has 5 nitrogen and oxygen atoms in total. The highest BCUT2D eigenvalue weighted by Gasteiger charge is 2.36. The van der Waals surface area contributed by atoms with E-state index in [-0.39, 0.29) is 34.1 Å². The molecule has 1 atom stereocenters. The number of halogens is 3. The van der Waals surface area contributed by atoms with Crippen LogP contribution < -0.4 is 5.32 Å². The molecule has 0 spiro atoms. The minimum absolute atomic E-state index is 0.0752. The average molecular weight is 379 g/mol. The number of carbonyl (C=O) groups is 2. The largest absolute Gasteiger partial charge is 0.465 e. The molecule has 134 valence electrons. The maximum Gasteiger partial charge on any atom is 0.345 e. The molecule has 1 heterocycles. The Balaban J connectivity index is 1.98. The number of nitrogens with zero attached hydrogens (tertiary/aromatic N) is 1. The summed E-state index contributed by atoms with van der Waals surface area (Å²) in [7, 11) is 1.14. The number of nitrogens with one attached hydrogen (secondary N) is 1. The van der Waals surface area contributed by atoms with Crippen molar-refractivity contribution in [1.29, 1.82) is 0 Å². The van der Waals surface area contributed by atoms with E-state index in [4.69, 9.17) is 11.6 Å². The van der Waals surface area contributed by atoms with Gasteiger partial charge in [0, 0.05) is 23.9 Å². The number of hydrogen-bond acceptors (Lipinski definition) is 4. The van der Waals surface area contributed by atoms with Crippen molar-refractivity contribution in [2.75, 3.05) is 7.11 Å². The first kappa shape index (κ1) is 18.0. The maximum absolute atomic E-state index is 13.9. The Hall–Kier alpha value is -2.80. The summed E-state index contributed by atoms with van der Waals surface area (Å²) in [6.07, 6.45) is 4.94. The Morgan fingerprint density at radius 1 is 1.38 bits per heavy atom. The molecular weight excluding hydrogens is 366 g/mol. The molecule has 26 heavy (non-hydrogen) atoms. The first-order valence-corrected chi connectivity index (χ1v) is 7.97. The van der Waals surface area contributed by atoms with Crippen LogP contribution in [0.25, 0.3) is 0 Å². The zero-order valence-corrected chi connectivity index (χ0v) is 14.3. The highest BCUT2D eigenvalue weighted by Crippen LogP contribution is 2.31. The molecule has 0 saturated heterocycles. The Morgan fingerprint density at radius 3 is 2.85 bits per heavy atom. The van der Waals surface area contributed by atoms with Crippen LogP contribution >= 0.6 is 11.6 Å². The third-order valence-corrected chi connectivity index (χ3v) is 4.30. The second-order valence-corrected chi connectivity index (χ2v) is 5.96. The lowest BCUT2D eigenvalue weighted by atomic mass is 9.88. The van der Waals surface area contributed by atoms with E-state index in [1.165, 1.54) is 6.07 Å². The van der Waals surface area contributed by atoms with Crippen LogP contribution in [0.1, 0.15) is 5.56 Å². The van der Waals surface area contributed by atoms with E-state index < -0.39 is 29.4 Å². The van der Waals surface area contributed by atoms with Crippen LogP contribution in [0.5, 0.6) is 0 Å². The van der Waals surface area contributed by atoms with E-state index in [0.717, 1.165) is 19.2 Å². The summed E-state index contributed by atoms with van der Waals surface area (Å²) in [5.41, 5.74) is 0.382.